The molecule has 0 aliphatic heterocycles. The van der Waals surface area contributed by atoms with E-state index in [-0.39, 0.29) is 11.8 Å². The molecule has 17 heavy (non-hydrogen) atoms. The molecule has 1 aromatic rings. The lowest BCUT2D eigenvalue weighted by atomic mass is 9.86. The Bertz CT molecular complexity index is 429. The van der Waals surface area contributed by atoms with E-state index in [0.717, 1.165) is 17.7 Å². The van der Waals surface area contributed by atoms with Gasteiger partial charge in [0.2, 0.25) is 0 Å². The highest BCUT2D eigenvalue weighted by molar-refractivity contribution is 5.99. The minimum Gasteiger partial charge on any atom is -0.361 e. The fourth-order valence-electron chi connectivity index (χ4n) is 3.25. The van der Waals surface area contributed by atoms with Gasteiger partial charge in [-0.2, -0.15) is 0 Å². The second kappa shape index (κ2) is 4.30. The maximum absolute atomic E-state index is 11.9. The zero-order chi connectivity index (χ0) is 11.8. The molecule has 3 rings (SSSR count). The van der Waals surface area contributed by atoms with Crippen LogP contribution in [0.5, 0.6) is 0 Å². The van der Waals surface area contributed by atoms with Gasteiger partial charge < -0.3 is 10.7 Å². The molecular formula is C14H20N2O. The molecule has 0 radical (unpaired) electrons. The van der Waals surface area contributed by atoms with Crippen molar-refractivity contribution in [1.29, 1.82) is 0 Å². The molecule has 1 atom stereocenters. The molecule has 1 aromatic heterocycles. The molecule has 92 valence electrons. The van der Waals surface area contributed by atoms with Crippen molar-refractivity contribution < 1.29 is 4.79 Å². The number of carbonyl (C=O) groups is 1. The van der Waals surface area contributed by atoms with Crippen molar-refractivity contribution in [2.24, 2.45) is 5.73 Å². The summed E-state index contributed by atoms with van der Waals surface area (Å²) in [5, 5.41) is 0. The summed E-state index contributed by atoms with van der Waals surface area (Å²) in [4.78, 5) is 15.4. The summed E-state index contributed by atoms with van der Waals surface area (Å²) in [7, 11) is 0. The summed E-state index contributed by atoms with van der Waals surface area (Å²) in [6.45, 7) is 0. The Kier molecular flexibility index (Phi) is 2.79. The first kappa shape index (κ1) is 11.0. The molecule has 1 unspecified atom stereocenters. The van der Waals surface area contributed by atoms with Crippen LogP contribution in [-0.4, -0.2) is 16.8 Å². The average Bonchev–Trinajstić information content (AvgIpc) is 2.74. The SMILES string of the molecule is NC1CC(=O)c2cc(C3CCCCC3)[nH]c2C1. The summed E-state index contributed by atoms with van der Waals surface area (Å²) in [5.41, 5.74) is 9.15. The molecule has 1 heterocycles. The van der Waals surface area contributed by atoms with E-state index in [1.165, 1.54) is 37.8 Å². The number of H-pyrrole nitrogens is 1. The number of carbonyl (C=O) groups excluding carboxylic acids is 1. The van der Waals surface area contributed by atoms with Crippen molar-refractivity contribution >= 4 is 5.78 Å². The van der Waals surface area contributed by atoms with Gasteiger partial charge >= 0.3 is 0 Å². The molecule has 3 heteroatoms. The quantitative estimate of drug-likeness (QED) is 0.781. The van der Waals surface area contributed by atoms with Crippen molar-refractivity contribution in [1.82, 2.24) is 4.98 Å². The van der Waals surface area contributed by atoms with Crippen LogP contribution in [0.2, 0.25) is 0 Å². The topological polar surface area (TPSA) is 58.9 Å². The van der Waals surface area contributed by atoms with E-state index in [9.17, 15) is 4.79 Å². The third kappa shape index (κ3) is 2.04. The van der Waals surface area contributed by atoms with Crippen LogP contribution in [0.25, 0.3) is 0 Å². The Morgan fingerprint density at radius 2 is 1.94 bits per heavy atom. The van der Waals surface area contributed by atoms with Crippen molar-refractivity contribution in [2.75, 3.05) is 0 Å². The first-order chi connectivity index (χ1) is 8.24. The first-order valence-electron chi connectivity index (χ1n) is 6.74. The smallest absolute Gasteiger partial charge is 0.166 e. The second-order valence-corrected chi connectivity index (χ2v) is 5.54. The third-order valence-electron chi connectivity index (χ3n) is 4.18. The van der Waals surface area contributed by atoms with Crippen molar-refractivity contribution in [3.63, 3.8) is 0 Å². The molecule has 3 N–H and O–H groups in total. The number of hydrogen-bond acceptors (Lipinski definition) is 2. The van der Waals surface area contributed by atoms with E-state index in [1.54, 1.807) is 0 Å². The van der Waals surface area contributed by atoms with Gasteiger partial charge in [-0.25, -0.2) is 0 Å². The van der Waals surface area contributed by atoms with Gasteiger partial charge in [-0.3, -0.25) is 4.79 Å². The van der Waals surface area contributed by atoms with E-state index in [0.29, 0.717) is 12.3 Å². The zero-order valence-electron chi connectivity index (χ0n) is 10.2. The van der Waals surface area contributed by atoms with Crippen LogP contribution in [0.15, 0.2) is 6.07 Å². The first-order valence-corrected chi connectivity index (χ1v) is 6.74. The Hall–Kier alpha value is -1.09. The lowest BCUT2D eigenvalue weighted by molar-refractivity contribution is 0.0965. The van der Waals surface area contributed by atoms with Crippen LogP contribution in [0, 0.1) is 0 Å². The molecule has 2 aliphatic carbocycles. The van der Waals surface area contributed by atoms with Gasteiger partial charge in [0, 0.05) is 35.8 Å². The molecule has 0 saturated heterocycles. The lowest BCUT2D eigenvalue weighted by Crippen LogP contribution is -2.31. The fourth-order valence-corrected chi connectivity index (χ4v) is 3.25. The highest BCUT2D eigenvalue weighted by Crippen LogP contribution is 2.34. The number of aromatic amines is 1. The Labute approximate surface area is 102 Å². The number of aromatic nitrogens is 1. The Morgan fingerprint density at radius 1 is 1.18 bits per heavy atom. The van der Waals surface area contributed by atoms with E-state index >= 15 is 0 Å². The number of hydrogen-bond donors (Lipinski definition) is 2. The minimum atomic E-state index is 0.00727. The van der Waals surface area contributed by atoms with E-state index in [4.69, 9.17) is 5.73 Å². The molecule has 1 fully saturated rings. The summed E-state index contributed by atoms with van der Waals surface area (Å²) >= 11 is 0. The highest BCUT2D eigenvalue weighted by atomic mass is 16.1. The van der Waals surface area contributed by atoms with Crippen molar-refractivity contribution in [3.05, 3.63) is 23.0 Å². The molecule has 1 saturated carbocycles. The summed E-state index contributed by atoms with van der Waals surface area (Å²) in [6.07, 6.45) is 7.87. The molecule has 2 aliphatic rings. The molecule has 0 spiro atoms. The van der Waals surface area contributed by atoms with Gasteiger partial charge in [0.25, 0.3) is 0 Å². The fraction of sp³-hybridized carbons (Fsp3) is 0.643. The second-order valence-electron chi connectivity index (χ2n) is 5.54. The highest BCUT2D eigenvalue weighted by Gasteiger charge is 2.27. The number of ketones is 1. The van der Waals surface area contributed by atoms with E-state index in [1.807, 2.05) is 0 Å². The summed E-state index contributed by atoms with van der Waals surface area (Å²) < 4.78 is 0. The number of rotatable bonds is 1. The van der Waals surface area contributed by atoms with Gasteiger partial charge in [-0.05, 0) is 24.8 Å². The normalized spacial score (nSPS) is 25.9. The van der Waals surface area contributed by atoms with Gasteiger partial charge in [0.1, 0.15) is 0 Å². The van der Waals surface area contributed by atoms with Gasteiger partial charge in [0.15, 0.2) is 5.78 Å². The van der Waals surface area contributed by atoms with Crippen LogP contribution in [-0.2, 0) is 6.42 Å². The zero-order valence-corrected chi connectivity index (χ0v) is 10.2. The summed E-state index contributed by atoms with van der Waals surface area (Å²) in [5.74, 6) is 0.857. The van der Waals surface area contributed by atoms with Gasteiger partial charge in [-0.1, -0.05) is 19.3 Å². The van der Waals surface area contributed by atoms with E-state index < -0.39 is 0 Å². The van der Waals surface area contributed by atoms with Crippen LogP contribution in [0.3, 0.4) is 0 Å². The largest absolute Gasteiger partial charge is 0.361 e. The van der Waals surface area contributed by atoms with Crippen LogP contribution in [0.4, 0.5) is 0 Å². The molecule has 3 nitrogen and oxygen atoms in total. The molecule has 0 bridgehead atoms. The standard InChI is InChI=1S/C14H20N2O/c15-10-6-13-11(14(17)7-10)8-12(16-13)9-4-2-1-3-5-9/h8-10,16H,1-7,15H2. The lowest BCUT2D eigenvalue weighted by Gasteiger charge is -2.20. The predicted molar refractivity (Wildman–Crippen MR) is 67.2 cm³/mol. The Morgan fingerprint density at radius 3 is 2.71 bits per heavy atom. The molecule has 0 aromatic carbocycles. The number of fused-ring (bicyclic) bond motifs is 1. The average molecular weight is 232 g/mol. The summed E-state index contributed by atoms with van der Waals surface area (Å²) in [6, 6.07) is 2.10. The van der Waals surface area contributed by atoms with Gasteiger partial charge in [0.05, 0.1) is 0 Å². The molecule has 0 amide bonds. The van der Waals surface area contributed by atoms with Gasteiger partial charge in [-0.15, -0.1) is 0 Å². The number of Topliss-reactive ketones (excluding diaryl/α,β-unsaturated/α-hetero) is 1. The maximum Gasteiger partial charge on any atom is 0.166 e. The van der Waals surface area contributed by atoms with Crippen molar-refractivity contribution in [3.8, 4) is 0 Å². The molecular weight excluding hydrogens is 212 g/mol. The van der Waals surface area contributed by atoms with Crippen LogP contribution >= 0.6 is 0 Å². The monoisotopic (exact) mass is 232 g/mol. The maximum atomic E-state index is 11.9. The Balaban J connectivity index is 1.88. The minimum absolute atomic E-state index is 0.00727. The van der Waals surface area contributed by atoms with E-state index in [2.05, 4.69) is 11.1 Å². The predicted octanol–water partition coefficient (Wildman–Crippen LogP) is 2.52. The van der Waals surface area contributed by atoms with Crippen molar-refractivity contribution in [2.45, 2.75) is 56.9 Å². The number of nitrogens with two attached hydrogens (primary N) is 1. The number of nitrogens with one attached hydrogen (secondary N) is 1. The third-order valence-corrected chi connectivity index (χ3v) is 4.18. The van der Waals surface area contributed by atoms with Crippen LogP contribution in [0.1, 0.15) is 66.2 Å². The van der Waals surface area contributed by atoms with Crippen LogP contribution < -0.4 is 5.73 Å².